The Bertz CT molecular complexity index is 1430. The maximum absolute atomic E-state index is 12.9. The molecule has 296 valence electrons. The Hall–Kier alpha value is -3.53. The number of carbonyl (C=O) groups is 5. The van der Waals surface area contributed by atoms with Crippen LogP contribution in [0.5, 0.6) is 5.75 Å². The fourth-order valence-electron chi connectivity index (χ4n) is 5.97. The molecule has 0 bridgehead atoms. The average molecular weight is 779 g/mol. The predicted octanol–water partition coefficient (Wildman–Crippen LogP) is 0.0165. The number of Topliss-reactive ketones (excluding diaryl/α,β-unsaturated/α-hetero) is 1. The number of likely N-dealkylation sites (tertiary alicyclic amines) is 2. The molecular weight excluding hydrogens is 733 g/mol. The molecule has 1 aromatic rings. The van der Waals surface area contributed by atoms with Crippen LogP contribution in [0.4, 0.5) is 18.0 Å². The van der Waals surface area contributed by atoms with Crippen molar-refractivity contribution in [2.45, 2.75) is 68.2 Å². The lowest BCUT2D eigenvalue weighted by Gasteiger charge is -2.42. The minimum atomic E-state index is -5.12. The Kier molecular flexibility index (Phi) is 16.1. The fraction of sp³-hybridized carbons (Fsp3) is 0.667. The van der Waals surface area contributed by atoms with Crippen LogP contribution in [0.1, 0.15) is 25.3 Å². The number of hydrogen-bond acceptors (Lipinski definition) is 13. The van der Waals surface area contributed by atoms with Crippen LogP contribution in [0.25, 0.3) is 0 Å². The second-order valence-electron chi connectivity index (χ2n) is 12.5. The number of imide groups is 1. The van der Waals surface area contributed by atoms with Gasteiger partial charge in [0.25, 0.3) is 0 Å². The van der Waals surface area contributed by atoms with Crippen molar-refractivity contribution in [1.82, 2.24) is 20.4 Å². The third kappa shape index (κ3) is 12.5. The molecule has 6 atom stereocenters. The van der Waals surface area contributed by atoms with Crippen LogP contribution >= 0.6 is 11.8 Å². The SMILES string of the molecule is CC(=O)CSC1CC(=O)N(Cc2cccc(OCCOCCOCCOCCNC(=O)NCC3OC4CCN(C(=O)C(F)(F)F)[C@@H]4[C@@H](O)[C@H]3O)c2)C1=O. The van der Waals surface area contributed by atoms with Gasteiger partial charge in [0, 0.05) is 26.1 Å². The van der Waals surface area contributed by atoms with E-state index in [4.69, 9.17) is 23.7 Å². The number of amides is 5. The van der Waals surface area contributed by atoms with Gasteiger partial charge in [-0.1, -0.05) is 12.1 Å². The Labute approximate surface area is 307 Å². The summed E-state index contributed by atoms with van der Waals surface area (Å²) >= 11 is 1.19. The molecule has 0 aromatic heterocycles. The van der Waals surface area contributed by atoms with Gasteiger partial charge in [0.1, 0.15) is 36.5 Å². The molecule has 3 aliphatic rings. The van der Waals surface area contributed by atoms with E-state index in [2.05, 4.69) is 10.6 Å². The molecule has 3 aliphatic heterocycles. The number of benzene rings is 1. The standard InChI is InChI=1S/C33H45F3N4O12S/c1-20(41)19-53-25-16-26(42)40(30(25)45)18-21-3-2-4-22(15-21)51-14-13-50-12-11-49-10-9-48-8-6-37-32(47)38-17-24-28(43)29(44)27-23(52-24)5-7-39(27)31(46)33(34,35)36/h2-4,15,23-25,27-29,43-44H,5-14,16-19H2,1H3,(H2,37,38,47)/t23?,24?,25?,27-,28-,29+/m0/s1. The first-order chi connectivity index (χ1) is 25.3. The van der Waals surface area contributed by atoms with Gasteiger partial charge in [0.05, 0.1) is 69.3 Å². The Morgan fingerprint density at radius 3 is 2.34 bits per heavy atom. The number of hydrogen-bond donors (Lipinski definition) is 4. The van der Waals surface area contributed by atoms with Crippen LogP contribution in [0.2, 0.25) is 0 Å². The summed E-state index contributed by atoms with van der Waals surface area (Å²) in [4.78, 5) is 61.7. The first-order valence-electron chi connectivity index (χ1n) is 17.1. The third-order valence-corrected chi connectivity index (χ3v) is 9.84. The average Bonchev–Trinajstić information content (AvgIpc) is 3.65. The van der Waals surface area contributed by atoms with Gasteiger partial charge >= 0.3 is 18.1 Å². The number of nitrogens with zero attached hydrogens (tertiary/aromatic N) is 2. The minimum Gasteiger partial charge on any atom is -0.491 e. The number of rotatable bonds is 20. The molecule has 4 rings (SSSR count). The topological polar surface area (TPSA) is 202 Å². The molecule has 53 heavy (non-hydrogen) atoms. The number of halogens is 3. The molecule has 0 saturated carbocycles. The molecule has 16 nitrogen and oxygen atoms in total. The number of aliphatic hydroxyl groups is 2. The lowest BCUT2D eigenvalue weighted by molar-refractivity contribution is -0.207. The van der Waals surface area contributed by atoms with E-state index in [1.54, 1.807) is 24.3 Å². The van der Waals surface area contributed by atoms with E-state index in [0.717, 1.165) is 5.56 Å². The fourth-order valence-corrected chi connectivity index (χ4v) is 6.94. The van der Waals surface area contributed by atoms with Crippen molar-refractivity contribution in [3.05, 3.63) is 29.8 Å². The van der Waals surface area contributed by atoms with E-state index in [0.29, 0.717) is 30.5 Å². The Morgan fingerprint density at radius 2 is 1.66 bits per heavy atom. The molecule has 5 amide bonds. The summed E-state index contributed by atoms with van der Waals surface area (Å²) in [6.45, 7) is 3.09. The van der Waals surface area contributed by atoms with E-state index >= 15 is 0 Å². The van der Waals surface area contributed by atoms with Crippen LogP contribution in [0, 0.1) is 0 Å². The number of carbonyl (C=O) groups excluding carboxylic acids is 5. The van der Waals surface area contributed by atoms with Crippen molar-refractivity contribution in [2.75, 3.05) is 71.6 Å². The molecule has 0 spiro atoms. The van der Waals surface area contributed by atoms with E-state index in [1.807, 2.05) is 0 Å². The van der Waals surface area contributed by atoms with Gasteiger partial charge in [-0.05, 0) is 31.0 Å². The van der Waals surface area contributed by atoms with Crippen LogP contribution in [-0.2, 0) is 44.7 Å². The van der Waals surface area contributed by atoms with Crippen LogP contribution in [-0.4, -0.2) is 163 Å². The molecule has 4 N–H and O–H groups in total. The molecule has 3 heterocycles. The normalized spacial score (nSPS) is 24.3. The first-order valence-corrected chi connectivity index (χ1v) is 18.1. The lowest BCUT2D eigenvalue weighted by Crippen LogP contribution is -2.63. The molecular formula is C33H45F3N4O12S. The second-order valence-corrected chi connectivity index (χ2v) is 13.7. The molecule has 3 saturated heterocycles. The summed E-state index contributed by atoms with van der Waals surface area (Å²) < 4.78 is 66.4. The van der Waals surface area contributed by atoms with E-state index in [9.17, 15) is 47.4 Å². The quantitative estimate of drug-likeness (QED) is 0.102. The van der Waals surface area contributed by atoms with Crippen LogP contribution < -0.4 is 15.4 Å². The summed E-state index contributed by atoms with van der Waals surface area (Å²) in [6.07, 6.45) is -10.3. The largest absolute Gasteiger partial charge is 0.491 e. The van der Waals surface area contributed by atoms with Gasteiger partial charge in [-0.2, -0.15) is 13.2 Å². The zero-order valence-electron chi connectivity index (χ0n) is 29.1. The minimum absolute atomic E-state index is 0.0438. The highest BCUT2D eigenvalue weighted by Crippen LogP contribution is 2.35. The smallest absolute Gasteiger partial charge is 0.471 e. The number of alkyl halides is 3. The summed E-state index contributed by atoms with van der Waals surface area (Å²) in [7, 11) is 0. The molecule has 3 fully saturated rings. The Morgan fingerprint density at radius 1 is 0.981 bits per heavy atom. The lowest BCUT2D eigenvalue weighted by atomic mass is 9.93. The van der Waals surface area contributed by atoms with Gasteiger partial charge in [-0.3, -0.25) is 24.1 Å². The third-order valence-electron chi connectivity index (χ3n) is 8.49. The number of ether oxygens (including phenoxy) is 5. The molecule has 3 unspecified atom stereocenters. The maximum Gasteiger partial charge on any atom is 0.471 e. The van der Waals surface area contributed by atoms with Crippen molar-refractivity contribution in [1.29, 1.82) is 0 Å². The predicted molar refractivity (Wildman–Crippen MR) is 180 cm³/mol. The Balaban J connectivity index is 0.976. The first kappa shape index (κ1) is 42.2. The van der Waals surface area contributed by atoms with Crippen molar-refractivity contribution in [3.63, 3.8) is 0 Å². The summed E-state index contributed by atoms with van der Waals surface area (Å²) in [5.74, 6) is -1.96. The highest BCUT2D eigenvalue weighted by Gasteiger charge is 2.55. The van der Waals surface area contributed by atoms with Crippen LogP contribution in [0.3, 0.4) is 0 Å². The van der Waals surface area contributed by atoms with Gasteiger partial charge in [-0.15, -0.1) is 11.8 Å². The molecule has 0 radical (unpaired) electrons. The monoisotopic (exact) mass is 778 g/mol. The van der Waals surface area contributed by atoms with Crippen molar-refractivity contribution >= 4 is 41.3 Å². The van der Waals surface area contributed by atoms with Gasteiger partial charge in [0.2, 0.25) is 11.8 Å². The molecule has 1 aromatic carbocycles. The van der Waals surface area contributed by atoms with Crippen LogP contribution in [0.15, 0.2) is 24.3 Å². The number of urea groups is 1. The maximum atomic E-state index is 12.9. The van der Waals surface area contributed by atoms with E-state index < -0.39 is 53.8 Å². The highest BCUT2D eigenvalue weighted by molar-refractivity contribution is 8.01. The number of fused-ring (bicyclic) bond motifs is 1. The van der Waals surface area contributed by atoms with E-state index in [1.165, 1.54) is 23.6 Å². The zero-order valence-corrected chi connectivity index (χ0v) is 29.9. The van der Waals surface area contributed by atoms with Crippen molar-refractivity contribution < 1.29 is 71.0 Å². The molecule has 0 aliphatic carbocycles. The van der Waals surface area contributed by atoms with Crippen molar-refractivity contribution in [2.24, 2.45) is 0 Å². The van der Waals surface area contributed by atoms with E-state index in [-0.39, 0.29) is 88.8 Å². The number of thioether (sulfide) groups is 1. The van der Waals surface area contributed by atoms with Gasteiger partial charge < -0.3 is 49.4 Å². The summed E-state index contributed by atoms with van der Waals surface area (Å²) in [6, 6.07) is 5.12. The number of aliphatic hydroxyl groups excluding tert-OH is 2. The number of ketones is 1. The van der Waals surface area contributed by atoms with Gasteiger partial charge in [0.15, 0.2) is 0 Å². The second kappa shape index (κ2) is 20.2. The van der Waals surface area contributed by atoms with Gasteiger partial charge in [-0.25, -0.2) is 4.79 Å². The highest BCUT2D eigenvalue weighted by atomic mass is 32.2. The zero-order chi connectivity index (χ0) is 38.5. The van der Waals surface area contributed by atoms with Crippen molar-refractivity contribution in [3.8, 4) is 5.75 Å². The summed E-state index contributed by atoms with van der Waals surface area (Å²) in [5, 5.41) is 25.3. The summed E-state index contributed by atoms with van der Waals surface area (Å²) in [5.41, 5.74) is 0.735. The number of nitrogens with one attached hydrogen (secondary N) is 2. The molecule has 20 heteroatoms.